The molecule has 1 aliphatic heterocycles. The predicted molar refractivity (Wildman–Crippen MR) is 106 cm³/mol. The minimum atomic E-state index is -1.02. The summed E-state index contributed by atoms with van der Waals surface area (Å²) < 4.78 is 18.6. The number of ketones is 1. The van der Waals surface area contributed by atoms with E-state index in [-0.39, 0.29) is 17.3 Å². The van der Waals surface area contributed by atoms with Crippen molar-refractivity contribution in [2.24, 2.45) is 0 Å². The molecule has 0 aliphatic carbocycles. The maximum absolute atomic E-state index is 13.5. The molecule has 1 aliphatic rings. The van der Waals surface area contributed by atoms with Crippen molar-refractivity contribution in [3.8, 4) is 5.75 Å². The van der Waals surface area contributed by atoms with Crippen LogP contribution in [0.25, 0.3) is 5.76 Å². The number of rotatable bonds is 4. The summed E-state index contributed by atoms with van der Waals surface area (Å²) in [6.07, 6.45) is 2.87. The number of halogens is 1. The highest BCUT2D eigenvalue weighted by molar-refractivity contribution is 6.51. The van der Waals surface area contributed by atoms with Crippen molar-refractivity contribution in [1.29, 1.82) is 0 Å². The number of aliphatic hydroxyl groups excluding tert-OH is 1. The van der Waals surface area contributed by atoms with Crippen LogP contribution in [0.3, 0.4) is 0 Å². The number of carbonyl (C=O) groups is 2. The standard InChI is InChI=1S/C22H16FN3O4/c1-30-16-9-5-14(6-10-16)19(27)17-18(13-3-7-15(23)8-4-13)26(21(29)20(17)28)22-24-11-2-12-25-22/h2-12,18,27H,1H3/t18-/m1/s1. The van der Waals surface area contributed by atoms with Gasteiger partial charge >= 0.3 is 5.91 Å². The Morgan fingerprint density at radius 2 is 1.67 bits per heavy atom. The van der Waals surface area contributed by atoms with E-state index in [1.165, 1.54) is 43.8 Å². The first kappa shape index (κ1) is 19.3. The van der Waals surface area contributed by atoms with Gasteiger partial charge in [-0.1, -0.05) is 12.1 Å². The summed E-state index contributed by atoms with van der Waals surface area (Å²) in [4.78, 5) is 35.0. The molecule has 7 nitrogen and oxygen atoms in total. The van der Waals surface area contributed by atoms with Crippen molar-refractivity contribution in [2.75, 3.05) is 12.0 Å². The van der Waals surface area contributed by atoms with Crippen LogP contribution in [-0.4, -0.2) is 33.9 Å². The van der Waals surface area contributed by atoms with Gasteiger partial charge in [-0.25, -0.2) is 14.4 Å². The molecule has 2 heterocycles. The first-order valence-corrected chi connectivity index (χ1v) is 8.99. The lowest BCUT2D eigenvalue weighted by Gasteiger charge is -2.23. The van der Waals surface area contributed by atoms with Crippen molar-refractivity contribution >= 4 is 23.4 Å². The van der Waals surface area contributed by atoms with Crippen molar-refractivity contribution < 1.29 is 23.8 Å². The summed E-state index contributed by atoms with van der Waals surface area (Å²) in [7, 11) is 1.51. The van der Waals surface area contributed by atoms with Crippen molar-refractivity contribution in [1.82, 2.24) is 9.97 Å². The molecule has 0 unspecified atom stereocenters. The van der Waals surface area contributed by atoms with E-state index in [2.05, 4.69) is 9.97 Å². The van der Waals surface area contributed by atoms with Gasteiger partial charge in [-0.15, -0.1) is 0 Å². The molecule has 0 radical (unpaired) electrons. The Balaban J connectivity index is 1.91. The topological polar surface area (TPSA) is 92.6 Å². The number of nitrogens with zero attached hydrogens (tertiary/aromatic N) is 3. The normalized spacial score (nSPS) is 17.9. The van der Waals surface area contributed by atoms with E-state index in [1.54, 1.807) is 30.3 Å². The fourth-order valence-electron chi connectivity index (χ4n) is 3.32. The quantitative estimate of drug-likeness (QED) is 0.407. The van der Waals surface area contributed by atoms with Gasteiger partial charge in [0.25, 0.3) is 5.78 Å². The van der Waals surface area contributed by atoms with E-state index in [9.17, 15) is 19.1 Å². The molecular formula is C22H16FN3O4. The minimum Gasteiger partial charge on any atom is -0.507 e. The first-order valence-electron chi connectivity index (χ1n) is 8.99. The fourth-order valence-corrected chi connectivity index (χ4v) is 3.32. The molecule has 8 heteroatoms. The molecule has 3 aromatic rings. The van der Waals surface area contributed by atoms with E-state index < -0.39 is 23.5 Å². The summed E-state index contributed by atoms with van der Waals surface area (Å²) in [6.45, 7) is 0. The lowest BCUT2D eigenvalue weighted by Crippen LogP contribution is -2.31. The Morgan fingerprint density at radius 1 is 1.03 bits per heavy atom. The second kappa shape index (κ2) is 7.75. The monoisotopic (exact) mass is 405 g/mol. The molecule has 150 valence electrons. The number of anilines is 1. The Labute approximate surface area is 171 Å². The van der Waals surface area contributed by atoms with Crippen LogP contribution in [0.4, 0.5) is 10.3 Å². The van der Waals surface area contributed by atoms with Gasteiger partial charge in [-0.3, -0.25) is 14.5 Å². The summed E-state index contributed by atoms with van der Waals surface area (Å²) in [6, 6.07) is 12.3. The third-order valence-corrected chi connectivity index (χ3v) is 4.76. The molecule has 1 N–H and O–H groups in total. The third-order valence-electron chi connectivity index (χ3n) is 4.76. The van der Waals surface area contributed by atoms with Gasteiger partial charge in [0.15, 0.2) is 0 Å². The molecular weight excluding hydrogens is 389 g/mol. The summed E-state index contributed by atoms with van der Waals surface area (Å²) in [5.74, 6) is -2.02. The number of methoxy groups -OCH3 is 1. The molecule has 30 heavy (non-hydrogen) atoms. The fraction of sp³-hybridized carbons (Fsp3) is 0.0909. The molecule has 1 fully saturated rings. The molecule has 0 bridgehead atoms. The molecule has 1 saturated heterocycles. The van der Waals surface area contributed by atoms with Crippen molar-refractivity contribution in [3.63, 3.8) is 0 Å². The molecule has 0 spiro atoms. The van der Waals surface area contributed by atoms with E-state index in [4.69, 9.17) is 4.74 Å². The summed E-state index contributed by atoms with van der Waals surface area (Å²) in [5, 5.41) is 10.9. The molecule has 2 aromatic carbocycles. The van der Waals surface area contributed by atoms with Gasteiger partial charge in [0.1, 0.15) is 17.3 Å². The number of hydrogen-bond donors (Lipinski definition) is 1. The molecule has 0 saturated carbocycles. The lowest BCUT2D eigenvalue weighted by molar-refractivity contribution is -0.132. The van der Waals surface area contributed by atoms with Crippen LogP contribution in [0.1, 0.15) is 17.2 Å². The van der Waals surface area contributed by atoms with Crippen LogP contribution in [0, 0.1) is 5.82 Å². The smallest absolute Gasteiger partial charge is 0.302 e. The largest absolute Gasteiger partial charge is 0.507 e. The van der Waals surface area contributed by atoms with Crippen LogP contribution in [-0.2, 0) is 9.59 Å². The van der Waals surface area contributed by atoms with Gasteiger partial charge in [-0.05, 0) is 48.0 Å². The predicted octanol–water partition coefficient (Wildman–Crippen LogP) is 3.25. The lowest BCUT2D eigenvalue weighted by atomic mass is 9.95. The first-order chi connectivity index (χ1) is 14.5. The molecule has 1 atom stereocenters. The number of aromatic nitrogens is 2. The van der Waals surface area contributed by atoms with E-state index in [1.807, 2.05) is 0 Å². The van der Waals surface area contributed by atoms with E-state index in [0.717, 1.165) is 4.90 Å². The second-order valence-corrected chi connectivity index (χ2v) is 6.50. The van der Waals surface area contributed by atoms with Crippen LogP contribution in [0.5, 0.6) is 5.75 Å². The maximum atomic E-state index is 13.5. The van der Waals surface area contributed by atoms with Crippen molar-refractivity contribution in [3.05, 3.63) is 89.5 Å². The number of Topliss-reactive ketones (excluding diaryl/α,β-unsaturated/α-hetero) is 1. The summed E-state index contributed by atoms with van der Waals surface area (Å²) >= 11 is 0. The average Bonchev–Trinajstić information content (AvgIpc) is 3.05. The van der Waals surface area contributed by atoms with Crippen molar-refractivity contribution in [2.45, 2.75) is 6.04 Å². The SMILES string of the molecule is COc1ccc(C(O)=C2C(=O)C(=O)N(c3ncccn3)[C@@H]2c2ccc(F)cc2)cc1. The Bertz CT molecular complexity index is 1130. The zero-order valence-electron chi connectivity index (χ0n) is 15.8. The Kier molecular flexibility index (Phi) is 4.97. The molecule has 1 aromatic heterocycles. The van der Waals surface area contributed by atoms with Gasteiger partial charge in [0.05, 0.1) is 18.7 Å². The van der Waals surface area contributed by atoms with Gasteiger partial charge in [0.2, 0.25) is 5.95 Å². The zero-order valence-corrected chi connectivity index (χ0v) is 15.8. The van der Waals surface area contributed by atoms with Gasteiger partial charge in [0, 0.05) is 18.0 Å². The van der Waals surface area contributed by atoms with Gasteiger partial charge < -0.3 is 9.84 Å². The second-order valence-electron chi connectivity index (χ2n) is 6.50. The highest BCUT2D eigenvalue weighted by Crippen LogP contribution is 2.41. The number of amides is 1. The molecule has 1 amide bonds. The highest BCUT2D eigenvalue weighted by atomic mass is 19.1. The number of benzene rings is 2. The number of carbonyl (C=O) groups excluding carboxylic acids is 2. The third kappa shape index (κ3) is 3.28. The summed E-state index contributed by atoms with van der Waals surface area (Å²) in [5.41, 5.74) is 0.622. The number of aliphatic hydroxyl groups is 1. The average molecular weight is 405 g/mol. The number of hydrogen-bond acceptors (Lipinski definition) is 6. The van der Waals surface area contributed by atoms with Gasteiger partial charge in [-0.2, -0.15) is 0 Å². The van der Waals surface area contributed by atoms with Crippen LogP contribution >= 0.6 is 0 Å². The molecule has 4 rings (SSSR count). The van der Waals surface area contributed by atoms with E-state index >= 15 is 0 Å². The zero-order chi connectivity index (χ0) is 21.3. The van der Waals surface area contributed by atoms with E-state index in [0.29, 0.717) is 16.9 Å². The van der Waals surface area contributed by atoms with Crippen LogP contribution in [0.2, 0.25) is 0 Å². The number of ether oxygens (including phenoxy) is 1. The minimum absolute atomic E-state index is 0.00251. The highest BCUT2D eigenvalue weighted by Gasteiger charge is 2.48. The Morgan fingerprint density at radius 3 is 2.27 bits per heavy atom. The van der Waals surface area contributed by atoms with Crippen LogP contribution < -0.4 is 9.64 Å². The maximum Gasteiger partial charge on any atom is 0.302 e. The Hall–Kier alpha value is -4.07. The van der Waals surface area contributed by atoms with Crippen LogP contribution in [0.15, 0.2) is 72.6 Å².